The van der Waals surface area contributed by atoms with Crippen molar-refractivity contribution in [3.05, 3.63) is 77.4 Å². The SMILES string of the molecule is COc1cccc(COC2CN(Cc3cn(C)nc3C)CC(=O)N(Cc3ccccn3)C2)c1. The Labute approximate surface area is 194 Å². The Morgan fingerprint density at radius 2 is 2.00 bits per heavy atom. The van der Waals surface area contributed by atoms with Gasteiger partial charge in [-0.25, -0.2) is 0 Å². The van der Waals surface area contributed by atoms with Gasteiger partial charge in [0.2, 0.25) is 5.91 Å². The highest BCUT2D eigenvalue weighted by Gasteiger charge is 2.29. The average molecular weight is 450 g/mol. The first-order chi connectivity index (χ1) is 16.0. The number of rotatable bonds is 8. The van der Waals surface area contributed by atoms with Crippen LogP contribution in [0, 0.1) is 6.92 Å². The maximum Gasteiger partial charge on any atom is 0.237 e. The van der Waals surface area contributed by atoms with Gasteiger partial charge in [-0.2, -0.15) is 5.10 Å². The first-order valence-corrected chi connectivity index (χ1v) is 11.1. The summed E-state index contributed by atoms with van der Waals surface area (Å²) in [5.41, 5.74) is 4.01. The van der Waals surface area contributed by atoms with Gasteiger partial charge >= 0.3 is 0 Å². The molecule has 0 saturated carbocycles. The van der Waals surface area contributed by atoms with Crippen LogP contribution >= 0.6 is 0 Å². The van der Waals surface area contributed by atoms with Gasteiger partial charge in [-0.3, -0.25) is 19.4 Å². The van der Waals surface area contributed by atoms with Crippen molar-refractivity contribution in [2.45, 2.75) is 32.7 Å². The molecule has 0 radical (unpaired) electrons. The highest BCUT2D eigenvalue weighted by molar-refractivity contribution is 5.78. The minimum atomic E-state index is -0.136. The number of aromatic nitrogens is 3. The zero-order valence-corrected chi connectivity index (χ0v) is 19.5. The van der Waals surface area contributed by atoms with Crippen LogP contribution in [0.25, 0.3) is 0 Å². The van der Waals surface area contributed by atoms with Gasteiger partial charge < -0.3 is 14.4 Å². The summed E-state index contributed by atoms with van der Waals surface area (Å²) in [5, 5.41) is 4.44. The topological polar surface area (TPSA) is 72.7 Å². The molecule has 1 aromatic carbocycles. The fraction of sp³-hybridized carbons (Fsp3) is 0.400. The molecule has 3 aromatic rings. The van der Waals surface area contributed by atoms with Gasteiger partial charge in [-0.15, -0.1) is 0 Å². The van der Waals surface area contributed by atoms with E-state index < -0.39 is 0 Å². The van der Waals surface area contributed by atoms with Crippen LogP contribution in [0.4, 0.5) is 0 Å². The molecule has 4 rings (SSSR count). The van der Waals surface area contributed by atoms with Gasteiger partial charge in [0.05, 0.1) is 44.3 Å². The Hall–Kier alpha value is -3.23. The lowest BCUT2D eigenvalue weighted by atomic mass is 10.2. The Bertz CT molecular complexity index is 1070. The Kier molecular flexibility index (Phi) is 7.36. The summed E-state index contributed by atoms with van der Waals surface area (Å²) in [7, 11) is 3.57. The summed E-state index contributed by atoms with van der Waals surface area (Å²) in [6, 6.07) is 13.6. The number of pyridine rings is 1. The summed E-state index contributed by atoms with van der Waals surface area (Å²) in [6.45, 7) is 5.08. The van der Waals surface area contributed by atoms with Crippen molar-refractivity contribution in [2.24, 2.45) is 7.05 Å². The quantitative estimate of drug-likeness (QED) is 0.526. The number of benzene rings is 1. The molecule has 1 amide bonds. The van der Waals surface area contributed by atoms with E-state index in [0.29, 0.717) is 39.3 Å². The molecule has 8 heteroatoms. The van der Waals surface area contributed by atoms with E-state index in [2.05, 4.69) is 15.0 Å². The van der Waals surface area contributed by atoms with Gasteiger partial charge in [0, 0.05) is 44.6 Å². The van der Waals surface area contributed by atoms with Gasteiger partial charge in [-0.1, -0.05) is 18.2 Å². The highest BCUT2D eigenvalue weighted by atomic mass is 16.5. The fourth-order valence-corrected chi connectivity index (χ4v) is 4.14. The van der Waals surface area contributed by atoms with Crippen LogP contribution in [0.5, 0.6) is 5.75 Å². The van der Waals surface area contributed by atoms with Crippen molar-refractivity contribution < 1.29 is 14.3 Å². The molecule has 1 fully saturated rings. The lowest BCUT2D eigenvalue weighted by Crippen LogP contribution is -2.37. The standard InChI is InChI=1S/C25H31N5O3/c1-19-21(12-28(2)27-19)13-29-15-24(33-18-20-7-6-9-23(11-20)32-3)16-30(25(31)17-29)14-22-8-4-5-10-26-22/h4-12,24H,13-18H2,1-3H3. The largest absolute Gasteiger partial charge is 0.497 e. The zero-order valence-electron chi connectivity index (χ0n) is 19.5. The maximum atomic E-state index is 13.2. The molecular weight excluding hydrogens is 418 g/mol. The van der Waals surface area contributed by atoms with Crippen LogP contribution in [0.15, 0.2) is 54.9 Å². The van der Waals surface area contributed by atoms with Gasteiger partial charge in [-0.05, 0) is 36.8 Å². The first kappa shape index (κ1) is 22.9. The molecule has 0 bridgehead atoms. The smallest absolute Gasteiger partial charge is 0.237 e. The van der Waals surface area contributed by atoms with E-state index in [-0.39, 0.29) is 12.0 Å². The van der Waals surface area contributed by atoms with Gasteiger partial charge in [0.1, 0.15) is 5.75 Å². The van der Waals surface area contributed by atoms with E-state index in [0.717, 1.165) is 28.3 Å². The summed E-state index contributed by atoms with van der Waals surface area (Å²) in [6.07, 6.45) is 3.64. The molecule has 3 heterocycles. The summed E-state index contributed by atoms with van der Waals surface area (Å²) < 4.78 is 13.5. The predicted octanol–water partition coefficient (Wildman–Crippen LogP) is 2.56. The molecule has 0 spiro atoms. The maximum absolute atomic E-state index is 13.2. The number of nitrogens with zero attached hydrogens (tertiary/aromatic N) is 5. The monoisotopic (exact) mass is 449 g/mol. The number of carbonyl (C=O) groups is 1. The van der Waals surface area contributed by atoms with Crippen molar-refractivity contribution >= 4 is 5.91 Å². The molecule has 2 aromatic heterocycles. The number of hydrogen-bond acceptors (Lipinski definition) is 6. The molecule has 0 aliphatic carbocycles. The van der Waals surface area contributed by atoms with E-state index in [1.54, 1.807) is 13.3 Å². The third kappa shape index (κ3) is 6.18. The third-order valence-electron chi connectivity index (χ3n) is 5.81. The lowest BCUT2D eigenvalue weighted by molar-refractivity contribution is -0.132. The number of hydrogen-bond donors (Lipinski definition) is 0. The van der Waals surface area contributed by atoms with Crippen LogP contribution in [0.2, 0.25) is 0 Å². The Morgan fingerprint density at radius 3 is 2.73 bits per heavy atom. The van der Waals surface area contributed by atoms with Crippen LogP contribution in [0.1, 0.15) is 22.5 Å². The third-order valence-corrected chi connectivity index (χ3v) is 5.81. The van der Waals surface area contributed by atoms with E-state index in [9.17, 15) is 4.79 Å². The lowest BCUT2D eigenvalue weighted by Gasteiger charge is -2.25. The van der Waals surface area contributed by atoms with Crippen LogP contribution in [-0.2, 0) is 36.3 Å². The highest BCUT2D eigenvalue weighted by Crippen LogP contribution is 2.18. The molecule has 1 atom stereocenters. The van der Waals surface area contributed by atoms with Gasteiger partial charge in [0.25, 0.3) is 0 Å². The van der Waals surface area contributed by atoms with Crippen molar-refractivity contribution in [1.29, 1.82) is 0 Å². The average Bonchev–Trinajstić information content (AvgIpc) is 3.05. The van der Waals surface area contributed by atoms with Crippen molar-refractivity contribution in [3.63, 3.8) is 0 Å². The minimum absolute atomic E-state index is 0.0784. The molecule has 1 unspecified atom stereocenters. The Balaban J connectivity index is 1.50. The number of methoxy groups -OCH3 is 1. The normalized spacial score (nSPS) is 17.2. The van der Waals surface area contributed by atoms with E-state index in [4.69, 9.17) is 9.47 Å². The number of ether oxygens (including phenoxy) is 2. The summed E-state index contributed by atoms with van der Waals surface area (Å²) in [5.74, 6) is 0.882. The number of aryl methyl sites for hydroxylation is 2. The number of carbonyl (C=O) groups excluding carboxylic acids is 1. The molecule has 1 saturated heterocycles. The molecule has 1 aliphatic rings. The van der Waals surface area contributed by atoms with E-state index in [1.807, 2.05) is 72.2 Å². The fourth-order valence-electron chi connectivity index (χ4n) is 4.14. The minimum Gasteiger partial charge on any atom is -0.497 e. The first-order valence-electron chi connectivity index (χ1n) is 11.1. The molecular formula is C25H31N5O3. The molecule has 33 heavy (non-hydrogen) atoms. The van der Waals surface area contributed by atoms with E-state index >= 15 is 0 Å². The zero-order chi connectivity index (χ0) is 23.2. The van der Waals surface area contributed by atoms with Crippen molar-refractivity contribution in [3.8, 4) is 5.75 Å². The number of amides is 1. The van der Waals surface area contributed by atoms with Crippen LogP contribution < -0.4 is 4.74 Å². The molecule has 174 valence electrons. The van der Waals surface area contributed by atoms with Gasteiger partial charge in [0.15, 0.2) is 0 Å². The second-order valence-corrected chi connectivity index (χ2v) is 8.46. The molecule has 1 aliphatic heterocycles. The van der Waals surface area contributed by atoms with E-state index in [1.165, 1.54) is 0 Å². The predicted molar refractivity (Wildman–Crippen MR) is 124 cm³/mol. The Morgan fingerprint density at radius 1 is 1.12 bits per heavy atom. The van der Waals surface area contributed by atoms with Crippen LogP contribution in [-0.4, -0.2) is 63.3 Å². The summed E-state index contributed by atoms with van der Waals surface area (Å²) in [4.78, 5) is 21.6. The summed E-state index contributed by atoms with van der Waals surface area (Å²) >= 11 is 0. The second-order valence-electron chi connectivity index (χ2n) is 8.46. The van der Waals surface area contributed by atoms with Crippen molar-refractivity contribution in [1.82, 2.24) is 24.6 Å². The molecule has 8 nitrogen and oxygen atoms in total. The second kappa shape index (κ2) is 10.6. The van der Waals surface area contributed by atoms with Crippen LogP contribution in [0.3, 0.4) is 0 Å². The molecule has 0 N–H and O–H groups in total. The van der Waals surface area contributed by atoms with Crippen molar-refractivity contribution in [2.75, 3.05) is 26.7 Å².